The summed E-state index contributed by atoms with van der Waals surface area (Å²) in [5.41, 5.74) is -0.404. The van der Waals surface area contributed by atoms with Crippen molar-refractivity contribution in [3.63, 3.8) is 0 Å². The van der Waals surface area contributed by atoms with Gasteiger partial charge in [0.05, 0.1) is 11.1 Å². The van der Waals surface area contributed by atoms with Crippen molar-refractivity contribution >= 4 is 21.7 Å². The molecule has 0 atom stereocenters. The first-order valence-electron chi connectivity index (χ1n) is 4.88. The smallest absolute Gasteiger partial charge is 0.339 e. The Hall–Kier alpha value is -2.55. The van der Waals surface area contributed by atoms with Crippen LogP contribution in [0, 0.1) is 0 Å². The van der Waals surface area contributed by atoms with Gasteiger partial charge >= 0.3 is 5.97 Å². The Bertz CT molecular complexity index is 708. The van der Waals surface area contributed by atoms with E-state index >= 15 is 0 Å². The van der Waals surface area contributed by atoms with Crippen LogP contribution < -0.4 is 4.72 Å². The third-order valence-corrected chi connectivity index (χ3v) is 3.57. The van der Waals surface area contributed by atoms with Crippen molar-refractivity contribution in [2.24, 2.45) is 0 Å². The summed E-state index contributed by atoms with van der Waals surface area (Å²) >= 11 is 0. The lowest BCUT2D eigenvalue weighted by molar-refractivity contribution is 0.0693. The maximum atomic E-state index is 11.9. The van der Waals surface area contributed by atoms with E-state index in [1.807, 2.05) is 0 Å². The predicted molar refractivity (Wildman–Crippen MR) is 62.4 cm³/mol. The van der Waals surface area contributed by atoms with Crippen LogP contribution in [-0.4, -0.2) is 29.8 Å². The molecule has 0 radical (unpaired) electrons. The number of aromatic carboxylic acids is 1. The fraction of sp³-hybridized carbons (Fsp3) is 0. The number of carboxylic acids is 1. The largest absolute Gasteiger partial charge is 0.507 e. The van der Waals surface area contributed by atoms with Gasteiger partial charge in [-0.25, -0.2) is 13.2 Å². The van der Waals surface area contributed by atoms with E-state index < -0.39 is 27.3 Å². The summed E-state index contributed by atoms with van der Waals surface area (Å²) in [6, 6.07) is 2.93. The second kappa shape index (κ2) is 4.61. The van der Waals surface area contributed by atoms with Crippen molar-refractivity contribution in [3.05, 3.63) is 36.2 Å². The van der Waals surface area contributed by atoms with Gasteiger partial charge in [0.2, 0.25) is 0 Å². The molecule has 0 amide bonds. The summed E-state index contributed by atoms with van der Waals surface area (Å²) in [5.74, 6) is -1.95. The van der Waals surface area contributed by atoms with Gasteiger partial charge in [-0.1, -0.05) is 5.16 Å². The van der Waals surface area contributed by atoms with Crippen LogP contribution in [0.3, 0.4) is 0 Å². The highest BCUT2D eigenvalue weighted by Crippen LogP contribution is 2.23. The number of phenols is 1. The molecule has 0 bridgehead atoms. The molecule has 0 fully saturated rings. The maximum Gasteiger partial charge on any atom is 0.339 e. The van der Waals surface area contributed by atoms with Crippen LogP contribution in [0.1, 0.15) is 10.4 Å². The summed E-state index contributed by atoms with van der Waals surface area (Å²) < 4.78 is 30.5. The fourth-order valence-corrected chi connectivity index (χ4v) is 2.37. The Labute approximate surface area is 107 Å². The Morgan fingerprint density at radius 3 is 2.68 bits per heavy atom. The van der Waals surface area contributed by atoms with Gasteiger partial charge in [-0.3, -0.25) is 4.72 Å². The van der Waals surface area contributed by atoms with Crippen molar-refractivity contribution in [2.75, 3.05) is 4.72 Å². The molecule has 2 rings (SSSR count). The number of sulfonamides is 1. The summed E-state index contributed by atoms with van der Waals surface area (Å²) in [4.78, 5) is 10.5. The molecule has 8 nitrogen and oxygen atoms in total. The zero-order valence-corrected chi connectivity index (χ0v) is 10.1. The maximum absolute atomic E-state index is 11.9. The van der Waals surface area contributed by atoms with Crippen molar-refractivity contribution in [1.82, 2.24) is 5.16 Å². The number of rotatable bonds is 4. The van der Waals surface area contributed by atoms with Crippen LogP contribution in [0.25, 0.3) is 0 Å². The van der Waals surface area contributed by atoms with Crippen LogP contribution in [0.5, 0.6) is 5.75 Å². The lowest BCUT2D eigenvalue weighted by Gasteiger charge is -2.07. The van der Waals surface area contributed by atoms with Crippen LogP contribution in [-0.2, 0) is 10.0 Å². The highest BCUT2D eigenvalue weighted by molar-refractivity contribution is 7.92. The molecule has 0 unspecified atom stereocenters. The Morgan fingerprint density at radius 2 is 2.11 bits per heavy atom. The van der Waals surface area contributed by atoms with E-state index in [4.69, 9.17) is 5.11 Å². The number of carbonyl (C=O) groups is 1. The number of aromatic hydroxyl groups is 1. The van der Waals surface area contributed by atoms with Crippen LogP contribution in [0.4, 0.5) is 5.69 Å². The number of nitrogens with zero attached hydrogens (tertiary/aromatic N) is 1. The molecule has 100 valence electrons. The summed E-state index contributed by atoms with van der Waals surface area (Å²) in [6.07, 6.45) is 2.23. The summed E-state index contributed by atoms with van der Waals surface area (Å²) in [5, 5.41) is 21.4. The lowest BCUT2D eigenvalue weighted by Crippen LogP contribution is -2.13. The zero-order valence-electron chi connectivity index (χ0n) is 9.27. The molecule has 3 N–H and O–H groups in total. The molecule has 19 heavy (non-hydrogen) atoms. The van der Waals surface area contributed by atoms with E-state index in [9.17, 15) is 18.3 Å². The second-order valence-corrected chi connectivity index (χ2v) is 5.19. The van der Waals surface area contributed by atoms with Gasteiger partial charge in [-0.2, -0.15) is 0 Å². The standard InChI is InChI=1S/C10H8N2O6S/c13-9-2-1-7(3-8(9)10(14)15)19(16,17)12-6-4-11-18-5-6/h1-5,12-13H,(H,14,15). The third-order valence-electron chi connectivity index (χ3n) is 2.19. The van der Waals surface area contributed by atoms with E-state index in [0.29, 0.717) is 0 Å². The number of nitrogens with one attached hydrogen (secondary N) is 1. The van der Waals surface area contributed by atoms with Gasteiger partial charge in [0.15, 0.2) is 0 Å². The Kier molecular flexibility index (Phi) is 3.13. The highest BCUT2D eigenvalue weighted by Gasteiger charge is 2.19. The SMILES string of the molecule is O=C(O)c1cc(S(=O)(=O)Nc2cnoc2)ccc1O. The van der Waals surface area contributed by atoms with Crippen molar-refractivity contribution in [2.45, 2.75) is 4.90 Å². The van der Waals surface area contributed by atoms with Gasteiger partial charge in [0, 0.05) is 0 Å². The van der Waals surface area contributed by atoms with E-state index in [0.717, 1.165) is 30.7 Å². The lowest BCUT2D eigenvalue weighted by atomic mass is 10.2. The topological polar surface area (TPSA) is 130 Å². The fourth-order valence-electron chi connectivity index (χ4n) is 1.32. The third kappa shape index (κ3) is 2.65. The number of hydrogen-bond acceptors (Lipinski definition) is 6. The quantitative estimate of drug-likeness (QED) is 0.759. The minimum Gasteiger partial charge on any atom is -0.507 e. The first-order chi connectivity index (χ1) is 8.90. The van der Waals surface area contributed by atoms with E-state index in [-0.39, 0.29) is 10.6 Å². The predicted octanol–water partition coefficient (Wildman–Crippen LogP) is 0.879. The molecule has 1 aromatic heterocycles. The van der Waals surface area contributed by atoms with Crippen LogP contribution in [0.15, 0.2) is 40.1 Å². The van der Waals surface area contributed by atoms with E-state index in [2.05, 4.69) is 14.4 Å². The van der Waals surface area contributed by atoms with Crippen molar-refractivity contribution < 1.29 is 27.9 Å². The van der Waals surface area contributed by atoms with Gasteiger partial charge in [-0.05, 0) is 18.2 Å². The summed E-state index contributed by atoms with van der Waals surface area (Å²) in [6.45, 7) is 0. The summed E-state index contributed by atoms with van der Waals surface area (Å²) in [7, 11) is -3.98. The van der Waals surface area contributed by atoms with Crippen molar-refractivity contribution in [1.29, 1.82) is 0 Å². The van der Waals surface area contributed by atoms with Gasteiger partial charge in [0.25, 0.3) is 10.0 Å². The normalized spacial score (nSPS) is 11.2. The zero-order chi connectivity index (χ0) is 14.0. The number of anilines is 1. The molecular weight excluding hydrogens is 276 g/mol. The van der Waals surface area contributed by atoms with Crippen LogP contribution >= 0.6 is 0 Å². The first kappa shape index (κ1) is 12.9. The minimum atomic E-state index is -3.98. The van der Waals surface area contributed by atoms with Crippen molar-refractivity contribution in [3.8, 4) is 5.75 Å². The van der Waals surface area contributed by atoms with Gasteiger partial charge in [0.1, 0.15) is 23.3 Å². The number of carboxylic acid groups (broad SMARTS) is 1. The molecule has 0 saturated heterocycles. The molecule has 1 heterocycles. The monoisotopic (exact) mass is 284 g/mol. The molecule has 0 saturated carbocycles. The Balaban J connectivity index is 2.41. The van der Waals surface area contributed by atoms with Gasteiger partial charge < -0.3 is 14.7 Å². The molecule has 2 aromatic rings. The second-order valence-electron chi connectivity index (χ2n) is 3.50. The molecule has 0 aliphatic carbocycles. The van der Waals surface area contributed by atoms with E-state index in [1.54, 1.807) is 0 Å². The highest BCUT2D eigenvalue weighted by atomic mass is 32.2. The Morgan fingerprint density at radius 1 is 1.37 bits per heavy atom. The van der Waals surface area contributed by atoms with E-state index in [1.165, 1.54) is 0 Å². The molecule has 1 aromatic carbocycles. The average Bonchev–Trinajstić information content (AvgIpc) is 2.80. The molecule has 0 aliphatic heterocycles. The molecule has 9 heteroatoms. The molecular formula is C10H8N2O6S. The number of aromatic nitrogens is 1. The molecule has 0 spiro atoms. The minimum absolute atomic E-state index is 0.102. The average molecular weight is 284 g/mol. The van der Waals surface area contributed by atoms with Gasteiger partial charge in [-0.15, -0.1) is 0 Å². The number of hydrogen-bond donors (Lipinski definition) is 3. The number of benzene rings is 1. The first-order valence-corrected chi connectivity index (χ1v) is 6.37. The molecule has 0 aliphatic rings. The van der Waals surface area contributed by atoms with Crippen LogP contribution in [0.2, 0.25) is 0 Å².